The zero-order chi connectivity index (χ0) is 30.6. The van der Waals surface area contributed by atoms with E-state index in [1.807, 2.05) is 109 Å². The topological polar surface area (TPSA) is 81.9 Å². The summed E-state index contributed by atoms with van der Waals surface area (Å²) < 4.78 is 13.4. The van der Waals surface area contributed by atoms with Gasteiger partial charge in [-0.1, -0.05) is 77.5 Å². The molecule has 0 aliphatic carbocycles. The fraction of sp³-hybridized carbons (Fsp3) is 0.114. The van der Waals surface area contributed by atoms with E-state index in [0.29, 0.717) is 49.4 Å². The molecule has 6 rings (SSSR count). The Bertz CT molecular complexity index is 2030. The lowest BCUT2D eigenvalue weighted by molar-refractivity contribution is -0.113. The predicted molar refractivity (Wildman–Crippen MR) is 174 cm³/mol. The highest BCUT2D eigenvalue weighted by molar-refractivity contribution is 7.07. The fourth-order valence-electron chi connectivity index (χ4n) is 5.03. The summed E-state index contributed by atoms with van der Waals surface area (Å²) >= 11 is 7.28. The Kier molecular flexibility index (Phi) is 8.45. The molecule has 7 nitrogen and oxygen atoms in total. The number of benzene rings is 4. The molecule has 2 heterocycles. The first-order valence-corrected chi connectivity index (χ1v) is 15.1. The maximum Gasteiger partial charge on any atom is 0.271 e. The van der Waals surface area contributed by atoms with Gasteiger partial charge in [0.2, 0.25) is 0 Å². The van der Waals surface area contributed by atoms with E-state index in [4.69, 9.17) is 26.1 Å². The summed E-state index contributed by atoms with van der Waals surface area (Å²) in [5.41, 5.74) is 3.93. The summed E-state index contributed by atoms with van der Waals surface area (Å²) in [7, 11) is 1.60. The molecule has 0 fully saturated rings. The second-order valence-corrected chi connectivity index (χ2v) is 11.6. The van der Waals surface area contributed by atoms with Crippen LogP contribution in [0.15, 0.2) is 124 Å². The number of hydrogen-bond acceptors (Lipinski definition) is 6. The first kappa shape index (κ1) is 29.2. The minimum absolute atomic E-state index is 0.237. The van der Waals surface area contributed by atoms with Gasteiger partial charge >= 0.3 is 0 Å². The van der Waals surface area contributed by atoms with Crippen LogP contribution in [-0.4, -0.2) is 17.6 Å². The van der Waals surface area contributed by atoms with Crippen molar-refractivity contribution < 1.29 is 14.3 Å². The Morgan fingerprint density at radius 1 is 0.977 bits per heavy atom. The van der Waals surface area contributed by atoms with Gasteiger partial charge in [-0.3, -0.25) is 14.2 Å². The Labute approximate surface area is 263 Å². The van der Waals surface area contributed by atoms with Crippen molar-refractivity contribution in [2.75, 3.05) is 12.4 Å². The van der Waals surface area contributed by atoms with Crippen LogP contribution in [0.1, 0.15) is 29.7 Å². The summed E-state index contributed by atoms with van der Waals surface area (Å²) in [6.45, 7) is 2.19. The van der Waals surface area contributed by atoms with E-state index >= 15 is 0 Å². The van der Waals surface area contributed by atoms with E-state index in [1.54, 1.807) is 18.6 Å². The molecule has 220 valence electrons. The van der Waals surface area contributed by atoms with Crippen LogP contribution >= 0.6 is 22.9 Å². The minimum Gasteiger partial charge on any atom is -0.497 e. The average Bonchev–Trinajstić information content (AvgIpc) is 3.34. The third-order valence-corrected chi connectivity index (χ3v) is 8.44. The van der Waals surface area contributed by atoms with Gasteiger partial charge in [0.1, 0.15) is 18.1 Å². The molecule has 1 N–H and O–H groups in total. The second-order valence-electron chi connectivity index (χ2n) is 10.2. The molecule has 1 aliphatic heterocycles. The number of fused-ring (bicyclic) bond motifs is 1. The third-order valence-electron chi connectivity index (χ3n) is 7.20. The highest BCUT2D eigenvalue weighted by Crippen LogP contribution is 2.31. The highest BCUT2D eigenvalue weighted by Gasteiger charge is 2.32. The molecule has 0 radical (unpaired) electrons. The summed E-state index contributed by atoms with van der Waals surface area (Å²) in [4.78, 5) is 33.0. The molecule has 0 saturated heterocycles. The van der Waals surface area contributed by atoms with Crippen LogP contribution in [0.2, 0.25) is 5.02 Å². The van der Waals surface area contributed by atoms with Crippen molar-refractivity contribution in [3.8, 4) is 11.5 Å². The molecule has 0 spiro atoms. The number of amides is 1. The molecular formula is C35H28ClN3O4S. The van der Waals surface area contributed by atoms with Gasteiger partial charge < -0.3 is 14.8 Å². The Morgan fingerprint density at radius 3 is 2.45 bits per heavy atom. The summed E-state index contributed by atoms with van der Waals surface area (Å²) in [6.07, 6.45) is 1.83. The first-order valence-electron chi connectivity index (χ1n) is 13.9. The van der Waals surface area contributed by atoms with Crippen molar-refractivity contribution in [1.82, 2.24) is 4.57 Å². The fourth-order valence-corrected chi connectivity index (χ4v) is 6.20. The molecule has 1 aromatic heterocycles. The van der Waals surface area contributed by atoms with Gasteiger partial charge in [-0.05, 0) is 78.2 Å². The number of carbonyl (C=O) groups excluding carboxylic acids is 1. The summed E-state index contributed by atoms with van der Waals surface area (Å²) in [5, 5.41) is 3.64. The van der Waals surface area contributed by atoms with Gasteiger partial charge in [0.15, 0.2) is 4.80 Å². The molecule has 1 aliphatic rings. The second kappa shape index (κ2) is 12.8. The van der Waals surface area contributed by atoms with Crippen LogP contribution in [0, 0.1) is 0 Å². The van der Waals surface area contributed by atoms with E-state index in [2.05, 4.69) is 5.32 Å². The highest BCUT2D eigenvalue weighted by atomic mass is 35.5. The number of methoxy groups -OCH3 is 1. The van der Waals surface area contributed by atoms with Gasteiger partial charge in [-0.15, -0.1) is 0 Å². The first-order chi connectivity index (χ1) is 21.4. The third kappa shape index (κ3) is 6.22. The zero-order valence-corrected chi connectivity index (χ0v) is 25.6. The number of nitrogens with zero attached hydrogens (tertiary/aromatic N) is 2. The number of ether oxygens (including phenoxy) is 2. The number of allylic oxidation sites excluding steroid dienone is 1. The van der Waals surface area contributed by atoms with Gasteiger partial charge in [-0.2, -0.15) is 0 Å². The number of aromatic nitrogens is 1. The maximum atomic E-state index is 14.0. The number of thiazole rings is 1. The lowest BCUT2D eigenvalue weighted by atomic mass is 9.95. The van der Waals surface area contributed by atoms with Crippen molar-refractivity contribution in [2.24, 2.45) is 4.99 Å². The van der Waals surface area contributed by atoms with Crippen LogP contribution in [0.25, 0.3) is 6.08 Å². The molecule has 44 heavy (non-hydrogen) atoms. The van der Waals surface area contributed by atoms with Crippen molar-refractivity contribution in [2.45, 2.75) is 19.6 Å². The molecule has 0 bridgehead atoms. The van der Waals surface area contributed by atoms with E-state index in [9.17, 15) is 9.59 Å². The standard InChI is InChI=1S/C35H28ClN3O4S/c1-22-31(33(40)38-27-8-4-3-5-9-27)32(25-13-17-28(42-2)18-14-25)39-34(41)30(44-35(39)37-22)20-24-7-6-10-29(19-24)43-21-23-11-15-26(36)16-12-23/h3-20,32H,21H2,1-2H3,(H,38,40)/b30-20+/t32-/m1/s1. The number of anilines is 1. The largest absolute Gasteiger partial charge is 0.497 e. The van der Waals surface area contributed by atoms with Gasteiger partial charge in [0, 0.05) is 10.7 Å². The Morgan fingerprint density at radius 2 is 1.73 bits per heavy atom. The molecule has 4 aromatic carbocycles. The number of nitrogens with one attached hydrogen (secondary N) is 1. The number of carbonyl (C=O) groups is 1. The maximum absolute atomic E-state index is 14.0. The number of para-hydroxylation sites is 1. The van der Waals surface area contributed by atoms with Crippen molar-refractivity contribution >= 4 is 40.6 Å². The monoisotopic (exact) mass is 621 g/mol. The molecule has 0 unspecified atom stereocenters. The summed E-state index contributed by atoms with van der Waals surface area (Å²) in [5.74, 6) is 1.03. The molecule has 1 atom stereocenters. The number of rotatable bonds is 8. The van der Waals surface area contributed by atoms with Crippen molar-refractivity contribution in [3.05, 3.63) is 156 Å². The molecular weight excluding hydrogens is 594 g/mol. The molecule has 9 heteroatoms. The molecule has 1 amide bonds. The summed E-state index contributed by atoms with van der Waals surface area (Å²) in [6, 6.07) is 31.0. The van der Waals surface area contributed by atoms with Crippen LogP contribution in [0.3, 0.4) is 0 Å². The van der Waals surface area contributed by atoms with Crippen LogP contribution < -0.4 is 29.7 Å². The van der Waals surface area contributed by atoms with E-state index in [1.165, 1.54) is 11.3 Å². The van der Waals surface area contributed by atoms with Gasteiger partial charge in [0.25, 0.3) is 11.5 Å². The van der Waals surface area contributed by atoms with Gasteiger partial charge in [0.05, 0.1) is 29.0 Å². The number of halogens is 1. The SMILES string of the molecule is COc1ccc([C@@H]2C(C(=O)Nc3ccccc3)=C(C)N=c3s/c(=C/c4cccc(OCc5ccc(Cl)cc5)c4)c(=O)n32)cc1. The van der Waals surface area contributed by atoms with Crippen LogP contribution in [0.4, 0.5) is 5.69 Å². The lowest BCUT2D eigenvalue weighted by Crippen LogP contribution is -2.40. The van der Waals surface area contributed by atoms with Crippen LogP contribution in [0.5, 0.6) is 11.5 Å². The Balaban J connectivity index is 1.38. The quantitative estimate of drug-likeness (QED) is 0.227. The predicted octanol–water partition coefficient (Wildman–Crippen LogP) is 6.11. The van der Waals surface area contributed by atoms with Crippen molar-refractivity contribution in [1.29, 1.82) is 0 Å². The molecule has 5 aromatic rings. The lowest BCUT2D eigenvalue weighted by Gasteiger charge is -2.25. The van der Waals surface area contributed by atoms with Crippen LogP contribution in [-0.2, 0) is 11.4 Å². The van der Waals surface area contributed by atoms with E-state index in [-0.39, 0.29) is 11.5 Å². The van der Waals surface area contributed by atoms with E-state index in [0.717, 1.165) is 16.7 Å². The van der Waals surface area contributed by atoms with Crippen molar-refractivity contribution in [3.63, 3.8) is 0 Å². The average molecular weight is 622 g/mol. The minimum atomic E-state index is -0.683. The van der Waals surface area contributed by atoms with E-state index < -0.39 is 6.04 Å². The van der Waals surface area contributed by atoms with Gasteiger partial charge in [-0.25, -0.2) is 4.99 Å². The number of hydrogen-bond donors (Lipinski definition) is 1. The molecule has 0 saturated carbocycles. The smallest absolute Gasteiger partial charge is 0.271 e. The normalized spacial score (nSPS) is 14.5. The zero-order valence-electron chi connectivity index (χ0n) is 24.0. The Hall–Kier alpha value is -4.92.